The Hall–Kier alpha value is -1.43. The number of ketones is 1. The van der Waals surface area contributed by atoms with Crippen molar-refractivity contribution in [2.45, 2.75) is 43.9 Å². The highest BCUT2D eigenvalue weighted by Crippen LogP contribution is 2.36. The van der Waals surface area contributed by atoms with Crippen molar-refractivity contribution in [3.63, 3.8) is 0 Å². The summed E-state index contributed by atoms with van der Waals surface area (Å²) in [6.45, 7) is 0. The standard InChI is InChI=1S/C14H15F3N2O/c15-14(16,17)12-3-4-18-7-11(12)13(20)8-5-9-1-2-10(6-8)19-9/h3-4,7-10,19H,1-2,5-6H2. The van der Waals surface area contributed by atoms with Crippen molar-refractivity contribution in [1.82, 2.24) is 10.3 Å². The van der Waals surface area contributed by atoms with Crippen LogP contribution in [0.15, 0.2) is 18.5 Å². The van der Waals surface area contributed by atoms with Gasteiger partial charge in [0.1, 0.15) is 0 Å². The van der Waals surface area contributed by atoms with Crippen LogP contribution in [0.2, 0.25) is 0 Å². The van der Waals surface area contributed by atoms with E-state index in [9.17, 15) is 18.0 Å². The molecular weight excluding hydrogens is 269 g/mol. The van der Waals surface area contributed by atoms with Gasteiger partial charge < -0.3 is 5.32 Å². The van der Waals surface area contributed by atoms with Crippen LogP contribution in [0.1, 0.15) is 41.6 Å². The molecule has 0 amide bonds. The summed E-state index contributed by atoms with van der Waals surface area (Å²) < 4.78 is 38.8. The summed E-state index contributed by atoms with van der Waals surface area (Å²) in [6, 6.07) is 1.42. The Balaban J connectivity index is 1.88. The Bertz CT molecular complexity index is 517. The van der Waals surface area contributed by atoms with Crippen LogP contribution in [-0.4, -0.2) is 22.9 Å². The lowest BCUT2D eigenvalue weighted by molar-refractivity contribution is -0.138. The quantitative estimate of drug-likeness (QED) is 0.849. The second-order valence-corrected chi connectivity index (χ2v) is 5.59. The molecule has 6 heteroatoms. The first-order valence-electron chi connectivity index (χ1n) is 6.76. The molecule has 2 aliphatic rings. The highest BCUT2D eigenvalue weighted by Gasteiger charge is 2.40. The Kier molecular flexibility index (Phi) is 3.28. The molecular formula is C14H15F3N2O. The van der Waals surface area contributed by atoms with Crippen LogP contribution in [0.4, 0.5) is 13.2 Å². The van der Waals surface area contributed by atoms with Gasteiger partial charge in [-0.05, 0) is 31.7 Å². The first-order chi connectivity index (χ1) is 9.45. The van der Waals surface area contributed by atoms with Crippen molar-refractivity contribution in [3.05, 3.63) is 29.6 Å². The maximum Gasteiger partial charge on any atom is 0.417 e. The van der Waals surface area contributed by atoms with Crippen molar-refractivity contribution in [3.8, 4) is 0 Å². The minimum atomic E-state index is -4.51. The van der Waals surface area contributed by atoms with Gasteiger partial charge in [0.05, 0.1) is 5.56 Å². The molecule has 3 rings (SSSR count). The zero-order chi connectivity index (χ0) is 14.3. The summed E-state index contributed by atoms with van der Waals surface area (Å²) in [6.07, 6.45) is 0.880. The van der Waals surface area contributed by atoms with E-state index < -0.39 is 17.5 Å². The molecule has 2 saturated heterocycles. The van der Waals surface area contributed by atoms with Crippen LogP contribution in [0.3, 0.4) is 0 Å². The average Bonchev–Trinajstić information content (AvgIpc) is 2.75. The van der Waals surface area contributed by atoms with Gasteiger partial charge in [-0.2, -0.15) is 13.2 Å². The Morgan fingerprint density at radius 2 is 1.90 bits per heavy atom. The molecule has 2 fully saturated rings. The predicted octanol–water partition coefficient (Wildman–Crippen LogP) is 2.81. The number of rotatable bonds is 2. The third-order valence-electron chi connectivity index (χ3n) is 4.24. The number of piperidine rings is 1. The van der Waals surface area contributed by atoms with Crippen molar-refractivity contribution < 1.29 is 18.0 Å². The van der Waals surface area contributed by atoms with Crippen molar-refractivity contribution in [2.75, 3.05) is 0 Å². The van der Waals surface area contributed by atoms with Crippen molar-refractivity contribution in [2.24, 2.45) is 5.92 Å². The van der Waals surface area contributed by atoms with E-state index in [1.807, 2.05) is 0 Å². The number of pyridine rings is 1. The second-order valence-electron chi connectivity index (χ2n) is 5.59. The van der Waals surface area contributed by atoms with Gasteiger partial charge in [-0.3, -0.25) is 9.78 Å². The summed E-state index contributed by atoms with van der Waals surface area (Å²) in [5.41, 5.74) is -1.16. The molecule has 2 bridgehead atoms. The summed E-state index contributed by atoms with van der Waals surface area (Å²) >= 11 is 0. The van der Waals surface area contributed by atoms with E-state index in [4.69, 9.17) is 0 Å². The Labute approximate surface area is 114 Å². The normalized spacial score (nSPS) is 29.4. The highest BCUT2D eigenvalue weighted by atomic mass is 19.4. The molecule has 0 spiro atoms. The van der Waals surface area contributed by atoms with Gasteiger partial charge in [0, 0.05) is 36.0 Å². The van der Waals surface area contributed by atoms with Crippen LogP contribution in [0.5, 0.6) is 0 Å². The lowest BCUT2D eigenvalue weighted by Gasteiger charge is -2.28. The molecule has 2 atom stereocenters. The molecule has 2 aliphatic heterocycles. The van der Waals surface area contributed by atoms with E-state index in [2.05, 4.69) is 10.3 Å². The number of aromatic nitrogens is 1. The fraction of sp³-hybridized carbons (Fsp3) is 0.571. The molecule has 1 aromatic rings. The number of hydrogen-bond acceptors (Lipinski definition) is 3. The largest absolute Gasteiger partial charge is 0.417 e. The first-order valence-corrected chi connectivity index (χ1v) is 6.76. The number of nitrogens with zero attached hydrogens (tertiary/aromatic N) is 1. The molecule has 0 radical (unpaired) electrons. The van der Waals surface area contributed by atoms with E-state index in [0.29, 0.717) is 12.8 Å². The van der Waals surface area contributed by atoms with Crippen molar-refractivity contribution >= 4 is 5.78 Å². The summed E-state index contributed by atoms with van der Waals surface area (Å²) in [7, 11) is 0. The van der Waals surface area contributed by atoms with Gasteiger partial charge in [-0.25, -0.2) is 0 Å². The van der Waals surface area contributed by atoms with Gasteiger partial charge in [-0.1, -0.05) is 0 Å². The minimum absolute atomic E-state index is 0.272. The highest BCUT2D eigenvalue weighted by molar-refractivity contribution is 5.99. The lowest BCUT2D eigenvalue weighted by atomic mass is 9.85. The number of hydrogen-bond donors (Lipinski definition) is 1. The molecule has 1 N–H and O–H groups in total. The zero-order valence-corrected chi connectivity index (χ0v) is 10.8. The fourth-order valence-electron chi connectivity index (χ4n) is 3.33. The minimum Gasteiger partial charge on any atom is -0.311 e. The van der Waals surface area contributed by atoms with Crippen LogP contribution in [-0.2, 0) is 6.18 Å². The van der Waals surface area contributed by atoms with Gasteiger partial charge >= 0.3 is 6.18 Å². The maximum atomic E-state index is 12.9. The third kappa shape index (κ3) is 2.44. The number of nitrogens with one attached hydrogen (secondary N) is 1. The number of fused-ring (bicyclic) bond motifs is 2. The van der Waals surface area contributed by atoms with E-state index >= 15 is 0 Å². The molecule has 20 heavy (non-hydrogen) atoms. The third-order valence-corrected chi connectivity index (χ3v) is 4.24. The number of alkyl halides is 3. The fourth-order valence-corrected chi connectivity index (χ4v) is 3.33. The van der Waals surface area contributed by atoms with Crippen LogP contribution >= 0.6 is 0 Å². The van der Waals surface area contributed by atoms with Crippen LogP contribution in [0.25, 0.3) is 0 Å². The molecule has 108 valence electrons. The van der Waals surface area contributed by atoms with Crippen LogP contribution in [0, 0.1) is 5.92 Å². The molecule has 3 nitrogen and oxygen atoms in total. The summed E-state index contributed by atoms with van der Waals surface area (Å²) in [5, 5.41) is 3.38. The molecule has 1 aromatic heterocycles. The van der Waals surface area contributed by atoms with E-state index in [0.717, 1.165) is 31.3 Å². The number of carbonyl (C=O) groups is 1. The maximum absolute atomic E-state index is 12.9. The topological polar surface area (TPSA) is 42.0 Å². The SMILES string of the molecule is O=C(c1cnccc1C(F)(F)F)C1CC2CCC(C1)N2. The zero-order valence-electron chi connectivity index (χ0n) is 10.8. The monoisotopic (exact) mass is 284 g/mol. The van der Waals surface area contributed by atoms with Crippen LogP contribution < -0.4 is 5.32 Å². The number of halogens is 3. The Morgan fingerprint density at radius 1 is 1.25 bits per heavy atom. The van der Waals surface area contributed by atoms with Crippen molar-refractivity contribution in [1.29, 1.82) is 0 Å². The summed E-state index contributed by atoms with van der Waals surface area (Å²) in [4.78, 5) is 16.1. The molecule has 3 heterocycles. The number of carbonyl (C=O) groups excluding carboxylic acids is 1. The average molecular weight is 284 g/mol. The van der Waals surface area contributed by atoms with Gasteiger partial charge in [-0.15, -0.1) is 0 Å². The molecule has 0 aromatic carbocycles. The van der Waals surface area contributed by atoms with Gasteiger partial charge in [0.2, 0.25) is 0 Å². The number of Topliss-reactive ketones (excluding diaryl/α,β-unsaturated/α-hetero) is 1. The predicted molar refractivity (Wildman–Crippen MR) is 66.2 cm³/mol. The second kappa shape index (κ2) is 4.84. The smallest absolute Gasteiger partial charge is 0.311 e. The molecule has 0 aliphatic carbocycles. The summed E-state index contributed by atoms with van der Waals surface area (Å²) in [5.74, 6) is -0.733. The van der Waals surface area contributed by atoms with E-state index in [-0.39, 0.29) is 23.6 Å². The van der Waals surface area contributed by atoms with E-state index in [1.165, 1.54) is 0 Å². The Morgan fingerprint density at radius 3 is 2.50 bits per heavy atom. The van der Waals surface area contributed by atoms with E-state index in [1.54, 1.807) is 0 Å². The first kappa shape index (κ1) is 13.5. The van der Waals surface area contributed by atoms with Gasteiger partial charge in [0.15, 0.2) is 5.78 Å². The molecule has 0 saturated carbocycles. The lowest BCUT2D eigenvalue weighted by Crippen LogP contribution is -2.40. The molecule has 2 unspecified atom stereocenters. The van der Waals surface area contributed by atoms with Gasteiger partial charge in [0.25, 0.3) is 0 Å².